The van der Waals surface area contributed by atoms with Crippen molar-refractivity contribution in [1.82, 2.24) is 0 Å². The fourth-order valence-electron chi connectivity index (χ4n) is 12.4. The maximum Gasteiger partial charge on any atom is 3.00 e. The van der Waals surface area contributed by atoms with Crippen LogP contribution in [0.15, 0.2) is 309 Å². The third-order valence-electron chi connectivity index (χ3n) is 15.9. The van der Waals surface area contributed by atoms with Gasteiger partial charge >= 0.3 is 470 Å². The molecular weight excluding hydrogens is 1090 g/mol. The first-order chi connectivity index (χ1) is 38.1. The van der Waals surface area contributed by atoms with E-state index in [4.69, 9.17) is 4.79 Å². The Kier molecular flexibility index (Phi) is 20.2. The van der Waals surface area contributed by atoms with Gasteiger partial charge in [0.1, 0.15) is 0 Å². The first kappa shape index (κ1) is 57.2. The van der Waals surface area contributed by atoms with E-state index in [2.05, 4.69) is 337 Å². The molecule has 0 amide bonds. The summed E-state index contributed by atoms with van der Waals surface area (Å²) in [5.74, 6) is 0. The van der Waals surface area contributed by atoms with Gasteiger partial charge in [0.05, 0.1) is 0 Å². The zero-order valence-corrected chi connectivity index (χ0v) is 49.4. The number of hydrogen-bond donors (Lipinski definition) is 0. The fourth-order valence-corrected chi connectivity index (χ4v) is 26.6. The monoisotopic (exact) mass is 1160 g/mol. The van der Waals surface area contributed by atoms with E-state index in [1.807, 2.05) is 0 Å². The third kappa shape index (κ3) is 11.4. The Hall–Kier alpha value is -7.00. The van der Waals surface area contributed by atoms with Crippen molar-refractivity contribution in [2.24, 2.45) is 0 Å². The topological polar surface area (TPSA) is 17.1 Å². The molecule has 0 unspecified atom stereocenters. The summed E-state index contributed by atoms with van der Waals surface area (Å²) in [6.45, 7) is 11.6. The molecule has 78 heavy (non-hydrogen) atoms. The van der Waals surface area contributed by atoms with Gasteiger partial charge in [0.25, 0.3) is 6.79 Å². The second kappa shape index (κ2) is 27.5. The molecule has 0 fully saturated rings. The number of hydrogen-bond acceptors (Lipinski definition) is 1. The SMILES string of the molecule is CC[PH](c1ccccc1)(c1ccccc1)c1cccc2ccccc12.CC[PH](c1ccccc1)(c1ccccc1)c1cccc2ccccc12.CC[PH](c1ccccc1)(c1ccccc1)c1cccc2ccccc12.[C]=O.[H-].[H-].[H-].[Rh+3]. The van der Waals surface area contributed by atoms with E-state index in [1.54, 1.807) is 0 Å². The van der Waals surface area contributed by atoms with Crippen LogP contribution in [0.2, 0.25) is 0 Å². The van der Waals surface area contributed by atoms with Gasteiger partial charge in [-0.05, 0) is 0 Å². The maximum absolute atomic E-state index is 7.50. The van der Waals surface area contributed by atoms with Gasteiger partial charge in [-0.25, -0.2) is 0 Å². The van der Waals surface area contributed by atoms with Crippen LogP contribution in [0.25, 0.3) is 32.3 Å². The quantitative estimate of drug-likeness (QED) is 0.0880. The average Bonchev–Trinajstić information content (AvgIpc) is 3.70. The summed E-state index contributed by atoms with van der Waals surface area (Å²) in [5, 5.41) is 21.7. The van der Waals surface area contributed by atoms with Crippen LogP contribution in [-0.2, 0) is 24.3 Å². The molecular formula is C73H72OP3Rh. The molecule has 0 N–H and O–H groups in total. The smallest absolute Gasteiger partial charge is 1.00 e. The van der Waals surface area contributed by atoms with E-state index in [0.29, 0.717) is 0 Å². The molecule has 12 aromatic rings. The molecule has 2 radical (unpaired) electrons. The summed E-state index contributed by atoms with van der Waals surface area (Å²) in [5.41, 5.74) is 0. The largest absolute Gasteiger partial charge is 3.00 e. The van der Waals surface area contributed by atoms with Gasteiger partial charge in [0, 0.05) is 0 Å². The summed E-state index contributed by atoms with van der Waals surface area (Å²) < 4.78 is 0. The van der Waals surface area contributed by atoms with E-state index in [-0.39, 0.29) is 23.8 Å². The molecule has 0 aliphatic heterocycles. The molecule has 0 heterocycles. The Morgan fingerprint density at radius 1 is 0.244 bits per heavy atom. The number of rotatable bonds is 12. The Bertz CT molecular complexity index is 3240. The molecule has 0 bridgehead atoms. The van der Waals surface area contributed by atoms with Crippen LogP contribution in [0.1, 0.15) is 25.1 Å². The zero-order chi connectivity index (χ0) is 53.3. The van der Waals surface area contributed by atoms with E-state index < -0.39 is 21.8 Å². The van der Waals surface area contributed by atoms with Crippen molar-refractivity contribution in [3.05, 3.63) is 309 Å². The van der Waals surface area contributed by atoms with Crippen molar-refractivity contribution in [2.75, 3.05) is 18.5 Å². The summed E-state index contributed by atoms with van der Waals surface area (Å²) >= 11 is 0. The van der Waals surface area contributed by atoms with Crippen molar-refractivity contribution in [3.8, 4) is 0 Å². The van der Waals surface area contributed by atoms with Gasteiger partial charge in [-0.1, -0.05) is 0 Å². The van der Waals surface area contributed by atoms with Crippen molar-refractivity contribution >= 4 is 109 Å². The zero-order valence-electron chi connectivity index (χ0n) is 47.8. The van der Waals surface area contributed by atoms with Gasteiger partial charge in [-0.15, -0.1) is 0 Å². The molecule has 12 rings (SSSR count). The predicted octanol–water partition coefficient (Wildman–Crippen LogP) is 14.6. The molecule has 0 saturated heterocycles. The van der Waals surface area contributed by atoms with Gasteiger partial charge in [-0.3, -0.25) is 4.79 Å². The molecule has 0 aliphatic carbocycles. The molecule has 0 aliphatic rings. The van der Waals surface area contributed by atoms with Crippen LogP contribution in [0.3, 0.4) is 0 Å². The van der Waals surface area contributed by atoms with Crippen LogP contribution >= 0.6 is 21.8 Å². The molecule has 394 valence electrons. The summed E-state index contributed by atoms with van der Waals surface area (Å²) in [6, 6.07) is 114. The van der Waals surface area contributed by atoms with Crippen molar-refractivity contribution in [1.29, 1.82) is 0 Å². The minimum absolute atomic E-state index is 0. The van der Waals surface area contributed by atoms with Crippen molar-refractivity contribution < 1.29 is 28.6 Å². The molecule has 0 saturated carbocycles. The van der Waals surface area contributed by atoms with E-state index in [0.717, 1.165) is 18.5 Å². The minimum Gasteiger partial charge on any atom is -1.00 e. The molecule has 0 spiro atoms. The second-order valence-corrected chi connectivity index (χ2v) is 32.2. The Morgan fingerprint density at radius 3 is 0.603 bits per heavy atom. The summed E-state index contributed by atoms with van der Waals surface area (Å²) in [6.07, 6.45) is 3.44. The van der Waals surface area contributed by atoms with Crippen molar-refractivity contribution in [2.45, 2.75) is 20.8 Å². The standard InChI is InChI=1S/3C24H23P.CO.Rh.3H/c3*1-2-25(21-14-5-3-6-15-21,22-16-7-4-8-17-22)24-19-11-13-20-12-9-10-18-23(20)24;1-2;;;;/h3*3-19,25H,2H2,1H3;;;;;/q;;;;+3;3*-1. The minimum atomic E-state index is -2.06. The van der Waals surface area contributed by atoms with Crippen molar-refractivity contribution in [3.63, 3.8) is 0 Å². The van der Waals surface area contributed by atoms with Crippen LogP contribution in [0.5, 0.6) is 0 Å². The van der Waals surface area contributed by atoms with Crippen LogP contribution < -0.4 is 47.7 Å². The normalized spacial score (nSPS) is 11.8. The Morgan fingerprint density at radius 2 is 0.410 bits per heavy atom. The number of fused-ring (bicyclic) bond motifs is 3. The molecule has 12 aromatic carbocycles. The van der Waals surface area contributed by atoms with E-state index >= 15 is 0 Å². The molecule has 0 aromatic heterocycles. The number of benzene rings is 12. The predicted molar refractivity (Wildman–Crippen MR) is 353 cm³/mol. The van der Waals surface area contributed by atoms with Gasteiger partial charge in [0.15, 0.2) is 0 Å². The second-order valence-electron chi connectivity index (χ2n) is 19.6. The summed E-state index contributed by atoms with van der Waals surface area (Å²) in [7, 11) is -6.19. The molecule has 5 heteroatoms. The van der Waals surface area contributed by atoms with Gasteiger partial charge < -0.3 is 4.28 Å². The van der Waals surface area contributed by atoms with E-state index in [1.165, 1.54) is 80.1 Å². The molecule has 0 atom stereocenters. The Balaban J connectivity index is 0.000000214. The van der Waals surface area contributed by atoms with E-state index in [9.17, 15) is 0 Å². The van der Waals surface area contributed by atoms with Crippen LogP contribution in [-0.4, -0.2) is 25.3 Å². The average molecular weight is 1160 g/mol. The Labute approximate surface area is 482 Å². The van der Waals surface area contributed by atoms with Gasteiger partial charge in [0.2, 0.25) is 0 Å². The van der Waals surface area contributed by atoms with Gasteiger partial charge in [-0.2, -0.15) is 0 Å². The first-order valence-corrected chi connectivity index (χ1v) is 33.7. The number of carbonyl (C=O) groups excluding carboxylic acids is 1. The third-order valence-corrected chi connectivity index (χ3v) is 31.1. The summed E-state index contributed by atoms with van der Waals surface area (Å²) in [4.78, 5) is 7.50. The maximum atomic E-state index is 7.50. The molecule has 1 nitrogen and oxygen atoms in total. The first-order valence-electron chi connectivity index (χ1n) is 27.1. The van der Waals surface area contributed by atoms with Crippen LogP contribution in [0.4, 0.5) is 0 Å². The van der Waals surface area contributed by atoms with Crippen LogP contribution in [0, 0.1) is 0 Å². The fraction of sp³-hybridized carbons (Fsp3) is 0.0822.